The third-order valence-corrected chi connectivity index (χ3v) is 3.43. The van der Waals surface area contributed by atoms with E-state index in [1.807, 2.05) is 13.8 Å². The fourth-order valence-corrected chi connectivity index (χ4v) is 2.18. The van der Waals surface area contributed by atoms with E-state index in [4.69, 9.17) is 11.6 Å². The van der Waals surface area contributed by atoms with Gasteiger partial charge >= 0.3 is 0 Å². The van der Waals surface area contributed by atoms with Gasteiger partial charge in [-0.05, 0) is 38.8 Å². The van der Waals surface area contributed by atoms with Crippen LogP contribution in [0.3, 0.4) is 0 Å². The molecule has 0 saturated heterocycles. The minimum atomic E-state index is -0.358. The molecule has 1 fully saturated rings. The molecular formula is C15H17ClFNO. The van der Waals surface area contributed by atoms with Crippen LogP contribution in [0.5, 0.6) is 0 Å². The van der Waals surface area contributed by atoms with Gasteiger partial charge in [-0.3, -0.25) is 4.79 Å². The maximum Gasteiger partial charge on any atom is 0.247 e. The number of rotatable bonds is 4. The number of benzene rings is 1. The minimum Gasteiger partial charge on any atom is -0.332 e. The molecule has 0 atom stereocenters. The molecule has 2 nitrogen and oxygen atoms in total. The van der Waals surface area contributed by atoms with Gasteiger partial charge < -0.3 is 4.90 Å². The summed E-state index contributed by atoms with van der Waals surface area (Å²) in [6.45, 7) is 3.98. The van der Waals surface area contributed by atoms with Crippen LogP contribution in [0.1, 0.15) is 32.3 Å². The van der Waals surface area contributed by atoms with Crippen molar-refractivity contribution in [3.8, 4) is 0 Å². The highest BCUT2D eigenvalue weighted by molar-refractivity contribution is 6.31. The summed E-state index contributed by atoms with van der Waals surface area (Å²) in [6, 6.07) is 4.81. The van der Waals surface area contributed by atoms with Gasteiger partial charge in [0, 0.05) is 22.7 Å². The molecule has 2 rings (SSSR count). The van der Waals surface area contributed by atoms with E-state index in [2.05, 4.69) is 0 Å². The largest absolute Gasteiger partial charge is 0.332 e. The Kier molecular flexibility index (Phi) is 4.25. The van der Waals surface area contributed by atoms with Crippen LogP contribution in [0, 0.1) is 5.82 Å². The van der Waals surface area contributed by atoms with Gasteiger partial charge in [0.2, 0.25) is 5.91 Å². The van der Waals surface area contributed by atoms with Crippen molar-refractivity contribution in [3.63, 3.8) is 0 Å². The Morgan fingerprint density at radius 1 is 1.47 bits per heavy atom. The molecule has 1 aliphatic carbocycles. The molecule has 0 aromatic heterocycles. The highest BCUT2D eigenvalue weighted by atomic mass is 35.5. The fraction of sp³-hybridized carbons (Fsp3) is 0.400. The molecule has 1 aromatic rings. The maximum atomic E-state index is 13.8. The monoisotopic (exact) mass is 281 g/mol. The maximum absolute atomic E-state index is 13.8. The first-order valence-electron chi connectivity index (χ1n) is 6.37. The lowest BCUT2D eigenvalue weighted by atomic mass is 10.2. The molecule has 0 N–H and O–H groups in total. The first-order chi connectivity index (χ1) is 8.99. The highest BCUT2D eigenvalue weighted by Crippen LogP contribution is 2.31. The van der Waals surface area contributed by atoms with Crippen LogP contribution in [0.25, 0.3) is 0 Å². The summed E-state index contributed by atoms with van der Waals surface area (Å²) in [5, 5.41) is 0.371. The Labute approximate surface area is 117 Å². The van der Waals surface area contributed by atoms with Crippen LogP contribution >= 0.6 is 11.6 Å². The molecule has 1 aromatic carbocycles. The topological polar surface area (TPSA) is 20.3 Å². The molecular weight excluding hydrogens is 265 g/mol. The van der Waals surface area contributed by atoms with E-state index >= 15 is 0 Å². The van der Waals surface area contributed by atoms with Crippen LogP contribution in [-0.4, -0.2) is 16.8 Å². The van der Waals surface area contributed by atoms with E-state index in [0.29, 0.717) is 10.6 Å². The molecule has 1 saturated carbocycles. The molecule has 0 aliphatic heterocycles. The van der Waals surface area contributed by atoms with E-state index in [9.17, 15) is 9.18 Å². The van der Waals surface area contributed by atoms with Crippen molar-refractivity contribution in [1.29, 1.82) is 0 Å². The number of carbonyl (C=O) groups is 1. The predicted molar refractivity (Wildman–Crippen MR) is 74.4 cm³/mol. The lowest BCUT2D eigenvalue weighted by Crippen LogP contribution is -2.31. The molecule has 1 amide bonds. The van der Waals surface area contributed by atoms with Gasteiger partial charge in [0.15, 0.2) is 0 Å². The second kappa shape index (κ2) is 5.74. The van der Waals surface area contributed by atoms with Crippen LogP contribution in [0.4, 0.5) is 4.39 Å². The predicted octanol–water partition coefficient (Wildman–Crippen LogP) is 3.94. The SMILES string of the molecule is CC(C)=CC(=O)N(Cc1c(F)cccc1Cl)C1CC1. The number of halogens is 2. The van der Waals surface area contributed by atoms with E-state index in [1.165, 1.54) is 6.07 Å². The Morgan fingerprint density at radius 3 is 2.68 bits per heavy atom. The van der Waals surface area contributed by atoms with Crippen molar-refractivity contribution in [2.45, 2.75) is 39.3 Å². The normalized spacial score (nSPS) is 14.1. The van der Waals surface area contributed by atoms with Crippen molar-refractivity contribution in [2.24, 2.45) is 0 Å². The van der Waals surface area contributed by atoms with E-state index in [-0.39, 0.29) is 24.3 Å². The standard InChI is InChI=1S/C15H17ClFNO/c1-10(2)8-15(19)18(11-6-7-11)9-12-13(16)4-3-5-14(12)17/h3-5,8,11H,6-7,9H2,1-2H3. The van der Waals surface area contributed by atoms with Gasteiger partial charge in [-0.1, -0.05) is 23.2 Å². The van der Waals surface area contributed by atoms with Gasteiger partial charge in [-0.15, -0.1) is 0 Å². The second-order valence-electron chi connectivity index (χ2n) is 5.12. The molecule has 1 aliphatic rings. The first-order valence-corrected chi connectivity index (χ1v) is 6.75. The number of allylic oxidation sites excluding steroid dienone is 1. The summed E-state index contributed by atoms with van der Waals surface area (Å²) in [5.74, 6) is -0.426. The van der Waals surface area contributed by atoms with Crippen LogP contribution in [-0.2, 0) is 11.3 Å². The summed E-state index contributed by atoms with van der Waals surface area (Å²) in [4.78, 5) is 13.9. The van der Waals surface area contributed by atoms with Crippen LogP contribution in [0.15, 0.2) is 29.8 Å². The molecule has 4 heteroatoms. The van der Waals surface area contributed by atoms with Gasteiger partial charge in [0.25, 0.3) is 0 Å². The summed E-state index contributed by atoms with van der Waals surface area (Å²) in [6.07, 6.45) is 3.55. The van der Waals surface area contributed by atoms with Gasteiger partial charge in [0.1, 0.15) is 5.82 Å². The summed E-state index contributed by atoms with van der Waals surface area (Å²) < 4.78 is 13.8. The van der Waals surface area contributed by atoms with E-state index in [0.717, 1.165) is 18.4 Å². The Bertz CT molecular complexity index is 499. The minimum absolute atomic E-state index is 0.0678. The zero-order valence-corrected chi connectivity index (χ0v) is 11.9. The van der Waals surface area contributed by atoms with Crippen LogP contribution in [0.2, 0.25) is 5.02 Å². The van der Waals surface area contributed by atoms with Crippen molar-refractivity contribution in [3.05, 3.63) is 46.3 Å². The molecule has 0 unspecified atom stereocenters. The number of amides is 1. The summed E-state index contributed by atoms with van der Waals surface area (Å²) in [5.41, 5.74) is 1.34. The van der Waals surface area contributed by atoms with Crippen molar-refractivity contribution < 1.29 is 9.18 Å². The Hall–Kier alpha value is -1.35. The Morgan fingerprint density at radius 2 is 2.16 bits per heavy atom. The number of hydrogen-bond acceptors (Lipinski definition) is 1. The third kappa shape index (κ3) is 3.57. The number of nitrogens with zero attached hydrogens (tertiary/aromatic N) is 1. The van der Waals surface area contributed by atoms with Gasteiger partial charge in [0.05, 0.1) is 6.54 Å². The zero-order chi connectivity index (χ0) is 14.0. The average molecular weight is 282 g/mol. The highest BCUT2D eigenvalue weighted by Gasteiger charge is 2.32. The molecule has 19 heavy (non-hydrogen) atoms. The Balaban J connectivity index is 2.22. The smallest absolute Gasteiger partial charge is 0.247 e. The molecule has 0 spiro atoms. The van der Waals surface area contributed by atoms with Crippen molar-refractivity contribution >= 4 is 17.5 Å². The summed E-state index contributed by atoms with van der Waals surface area (Å²) in [7, 11) is 0. The van der Waals surface area contributed by atoms with Crippen LogP contribution < -0.4 is 0 Å². The molecule has 102 valence electrons. The molecule has 0 radical (unpaired) electrons. The number of carbonyl (C=O) groups excluding carboxylic acids is 1. The molecule has 0 bridgehead atoms. The van der Waals surface area contributed by atoms with E-state index in [1.54, 1.807) is 23.1 Å². The van der Waals surface area contributed by atoms with E-state index < -0.39 is 0 Å². The van der Waals surface area contributed by atoms with Gasteiger partial charge in [-0.25, -0.2) is 4.39 Å². The summed E-state index contributed by atoms with van der Waals surface area (Å²) >= 11 is 6.02. The lowest BCUT2D eigenvalue weighted by Gasteiger charge is -2.22. The fourth-order valence-electron chi connectivity index (χ4n) is 1.96. The second-order valence-corrected chi connectivity index (χ2v) is 5.53. The third-order valence-electron chi connectivity index (χ3n) is 3.07. The first kappa shape index (κ1) is 14.1. The molecule has 0 heterocycles. The van der Waals surface area contributed by atoms with Gasteiger partial charge in [-0.2, -0.15) is 0 Å². The number of hydrogen-bond donors (Lipinski definition) is 0. The average Bonchev–Trinajstić information content (AvgIpc) is 3.11. The quantitative estimate of drug-likeness (QED) is 0.766. The zero-order valence-electron chi connectivity index (χ0n) is 11.1. The lowest BCUT2D eigenvalue weighted by molar-refractivity contribution is -0.127. The van der Waals surface area contributed by atoms with Crippen molar-refractivity contribution in [1.82, 2.24) is 4.90 Å². The van der Waals surface area contributed by atoms with Crippen molar-refractivity contribution in [2.75, 3.05) is 0 Å².